The van der Waals surface area contributed by atoms with Gasteiger partial charge in [0.25, 0.3) is 0 Å². The second kappa shape index (κ2) is 5.14. The van der Waals surface area contributed by atoms with E-state index in [2.05, 4.69) is 14.8 Å². The summed E-state index contributed by atoms with van der Waals surface area (Å²) in [4.78, 5) is 3.98. The quantitative estimate of drug-likeness (QED) is 0.500. The lowest BCUT2D eigenvalue weighted by atomic mass is 10.2. The molecule has 2 aromatic rings. The largest absolute Gasteiger partial charge is 0.846 e. The SMILES string of the molecule is Cc1ccc(N/C([O-])=N/c2sn[n+](C)c2C)cc1. The molecule has 0 amide bonds. The van der Waals surface area contributed by atoms with E-state index in [0.29, 0.717) is 5.00 Å². The highest BCUT2D eigenvalue weighted by atomic mass is 32.1. The van der Waals surface area contributed by atoms with Crippen molar-refractivity contribution in [1.82, 2.24) is 4.49 Å². The number of aryl methyl sites for hydroxylation is 2. The zero-order valence-electron chi connectivity index (χ0n) is 10.5. The van der Waals surface area contributed by atoms with E-state index < -0.39 is 0 Å². The molecular weight excluding hydrogens is 248 g/mol. The molecule has 1 heterocycles. The van der Waals surface area contributed by atoms with Crippen molar-refractivity contribution >= 4 is 28.2 Å². The Hall–Kier alpha value is -1.95. The van der Waals surface area contributed by atoms with Crippen molar-refractivity contribution < 1.29 is 9.79 Å². The number of aromatic nitrogens is 2. The summed E-state index contributed by atoms with van der Waals surface area (Å²) in [5.41, 5.74) is 2.76. The first-order valence-corrected chi connectivity index (χ1v) is 6.25. The highest BCUT2D eigenvalue weighted by Gasteiger charge is 2.12. The molecule has 94 valence electrons. The Kier molecular flexibility index (Phi) is 3.57. The third kappa shape index (κ3) is 2.84. The van der Waals surface area contributed by atoms with Gasteiger partial charge < -0.3 is 10.4 Å². The fraction of sp³-hybridized carbons (Fsp3) is 0.250. The maximum absolute atomic E-state index is 11.7. The number of nitrogens with zero attached hydrogens (tertiary/aromatic N) is 3. The van der Waals surface area contributed by atoms with Crippen LogP contribution in [-0.4, -0.2) is 10.5 Å². The second-order valence-corrected chi connectivity index (χ2v) is 4.73. The van der Waals surface area contributed by atoms with E-state index in [1.54, 1.807) is 4.68 Å². The van der Waals surface area contributed by atoms with Crippen LogP contribution in [0.3, 0.4) is 0 Å². The average Bonchev–Trinajstić information content (AvgIpc) is 2.64. The van der Waals surface area contributed by atoms with Gasteiger partial charge in [0.2, 0.25) is 10.7 Å². The number of hydrogen-bond donors (Lipinski definition) is 1. The Morgan fingerprint density at radius 1 is 1.33 bits per heavy atom. The third-order valence-corrected chi connectivity index (χ3v) is 3.44. The third-order valence-electron chi connectivity index (χ3n) is 2.55. The molecule has 0 fully saturated rings. The van der Waals surface area contributed by atoms with Gasteiger partial charge in [-0.15, -0.1) is 0 Å². The van der Waals surface area contributed by atoms with Gasteiger partial charge in [0, 0.05) is 12.6 Å². The molecule has 0 aliphatic carbocycles. The maximum atomic E-state index is 11.7. The molecule has 2 rings (SSSR count). The summed E-state index contributed by atoms with van der Waals surface area (Å²) in [6.07, 6.45) is 0. The van der Waals surface area contributed by atoms with Crippen LogP contribution < -0.4 is 15.1 Å². The summed E-state index contributed by atoms with van der Waals surface area (Å²) in [5.74, 6) is 0. The molecule has 0 saturated heterocycles. The van der Waals surface area contributed by atoms with Gasteiger partial charge in [-0.3, -0.25) is 0 Å². The van der Waals surface area contributed by atoms with Crippen LogP contribution in [0.2, 0.25) is 0 Å². The van der Waals surface area contributed by atoms with Crippen molar-refractivity contribution in [1.29, 1.82) is 0 Å². The Bertz CT molecular complexity index is 574. The van der Waals surface area contributed by atoms with E-state index in [1.807, 2.05) is 45.2 Å². The standard InChI is InChI=1S/C12H14N4OS/c1-8-4-6-10(7-5-8)13-12(17)14-11-9(2)16(3)15-18-11/h4-7H,1-3H3,(H-,13,14,15,17). The van der Waals surface area contributed by atoms with Gasteiger partial charge in [0.05, 0.1) is 22.0 Å². The molecule has 1 aromatic heterocycles. The predicted octanol–water partition coefficient (Wildman–Crippen LogP) is 1.04. The van der Waals surface area contributed by atoms with E-state index in [0.717, 1.165) is 16.9 Å². The zero-order chi connectivity index (χ0) is 13.1. The molecule has 0 radical (unpaired) electrons. The van der Waals surface area contributed by atoms with E-state index in [4.69, 9.17) is 0 Å². The summed E-state index contributed by atoms with van der Waals surface area (Å²) in [6.45, 7) is 3.87. The fourth-order valence-electron chi connectivity index (χ4n) is 1.35. The van der Waals surface area contributed by atoms with Gasteiger partial charge in [-0.2, -0.15) is 0 Å². The maximum Gasteiger partial charge on any atom is 0.243 e. The van der Waals surface area contributed by atoms with Crippen LogP contribution in [0.4, 0.5) is 10.7 Å². The first-order chi connectivity index (χ1) is 8.56. The van der Waals surface area contributed by atoms with E-state index in [1.165, 1.54) is 11.5 Å². The highest BCUT2D eigenvalue weighted by Crippen LogP contribution is 2.19. The van der Waals surface area contributed by atoms with Gasteiger partial charge in [0.1, 0.15) is 0 Å². The molecule has 1 N–H and O–H groups in total. The molecule has 0 aliphatic rings. The first kappa shape index (κ1) is 12.5. The lowest BCUT2D eigenvalue weighted by Gasteiger charge is -2.12. The molecule has 0 atom stereocenters. The van der Waals surface area contributed by atoms with Crippen LogP contribution in [0.15, 0.2) is 29.3 Å². The van der Waals surface area contributed by atoms with Gasteiger partial charge >= 0.3 is 0 Å². The lowest BCUT2D eigenvalue weighted by Crippen LogP contribution is -2.32. The first-order valence-electron chi connectivity index (χ1n) is 5.48. The number of rotatable bonds is 2. The number of hydrogen-bond acceptors (Lipinski definition) is 4. The molecule has 0 spiro atoms. The van der Waals surface area contributed by atoms with Crippen molar-refractivity contribution in [2.75, 3.05) is 5.32 Å². The van der Waals surface area contributed by atoms with E-state index in [9.17, 15) is 5.11 Å². The van der Waals surface area contributed by atoms with Crippen LogP contribution in [0.5, 0.6) is 0 Å². The molecule has 0 unspecified atom stereocenters. The summed E-state index contributed by atoms with van der Waals surface area (Å²) < 4.78 is 5.77. The lowest BCUT2D eigenvalue weighted by molar-refractivity contribution is -0.728. The van der Waals surface area contributed by atoms with Crippen molar-refractivity contribution in [2.24, 2.45) is 12.0 Å². The molecule has 6 heteroatoms. The van der Waals surface area contributed by atoms with Crippen LogP contribution in [0.1, 0.15) is 11.3 Å². The smallest absolute Gasteiger partial charge is 0.243 e. The minimum Gasteiger partial charge on any atom is -0.846 e. The summed E-state index contributed by atoms with van der Waals surface area (Å²) >= 11 is 1.20. The Labute approximate surface area is 110 Å². The minimum absolute atomic E-state index is 0.383. The van der Waals surface area contributed by atoms with Crippen LogP contribution in [0.25, 0.3) is 0 Å². The van der Waals surface area contributed by atoms with Gasteiger partial charge in [0.15, 0.2) is 7.05 Å². The van der Waals surface area contributed by atoms with Crippen LogP contribution in [-0.2, 0) is 7.05 Å². The van der Waals surface area contributed by atoms with E-state index in [-0.39, 0.29) is 6.02 Å². The number of aliphatic imine (C=N–C) groups is 1. The fourth-order valence-corrected chi connectivity index (χ4v) is 2.06. The second-order valence-electron chi connectivity index (χ2n) is 4.00. The average molecular weight is 262 g/mol. The molecule has 5 nitrogen and oxygen atoms in total. The number of benzene rings is 1. The van der Waals surface area contributed by atoms with Gasteiger partial charge in [-0.05, 0) is 19.1 Å². The number of anilines is 1. The van der Waals surface area contributed by atoms with Crippen molar-refractivity contribution in [3.63, 3.8) is 0 Å². The predicted molar refractivity (Wildman–Crippen MR) is 69.9 cm³/mol. The molecule has 0 bridgehead atoms. The van der Waals surface area contributed by atoms with Crippen molar-refractivity contribution in [3.8, 4) is 0 Å². The molecule has 18 heavy (non-hydrogen) atoms. The number of nitrogens with one attached hydrogen (secondary N) is 1. The van der Waals surface area contributed by atoms with Gasteiger partial charge in [-0.25, -0.2) is 4.99 Å². The van der Waals surface area contributed by atoms with Crippen LogP contribution in [0, 0.1) is 13.8 Å². The van der Waals surface area contributed by atoms with Crippen molar-refractivity contribution in [3.05, 3.63) is 35.5 Å². The monoisotopic (exact) mass is 262 g/mol. The molecular formula is C12H14N4OS. The Balaban J connectivity index is 2.14. The topological polar surface area (TPSA) is 64.2 Å². The zero-order valence-corrected chi connectivity index (χ0v) is 11.3. The Morgan fingerprint density at radius 2 is 2.00 bits per heavy atom. The molecule has 0 saturated carbocycles. The molecule has 0 aliphatic heterocycles. The highest BCUT2D eigenvalue weighted by molar-refractivity contribution is 7.09. The normalized spacial score (nSPS) is 11.6. The molecule has 1 aromatic carbocycles. The minimum atomic E-state index is -0.383. The summed E-state index contributed by atoms with van der Waals surface area (Å²) in [6, 6.07) is 7.19. The van der Waals surface area contributed by atoms with Crippen molar-refractivity contribution in [2.45, 2.75) is 13.8 Å². The van der Waals surface area contributed by atoms with E-state index >= 15 is 0 Å². The van der Waals surface area contributed by atoms with Gasteiger partial charge in [-0.1, -0.05) is 22.4 Å². The summed E-state index contributed by atoms with van der Waals surface area (Å²) in [5, 5.41) is 15.1. The summed E-state index contributed by atoms with van der Waals surface area (Å²) in [7, 11) is 1.82. The Morgan fingerprint density at radius 3 is 2.56 bits per heavy atom. The van der Waals surface area contributed by atoms with Crippen LogP contribution >= 0.6 is 11.5 Å². The number of amidine groups is 1.